The lowest BCUT2D eigenvalue weighted by atomic mass is 9.99. The molecule has 0 N–H and O–H groups in total. The van der Waals surface area contributed by atoms with E-state index in [0.717, 1.165) is 24.8 Å². The predicted octanol–water partition coefficient (Wildman–Crippen LogP) is 8.96. The van der Waals surface area contributed by atoms with E-state index in [-0.39, 0.29) is 17.7 Å². The molecule has 2 nitrogen and oxygen atoms in total. The first-order valence-corrected chi connectivity index (χ1v) is 10.6. The Hall–Kier alpha value is -3.89. The summed E-state index contributed by atoms with van der Waals surface area (Å²) in [4.78, 5) is 0. The van der Waals surface area contributed by atoms with Crippen molar-refractivity contribution < 1.29 is 49.0 Å². The van der Waals surface area contributed by atoms with E-state index in [9.17, 15) is 39.5 Å². The van der Waals surface area contributed by atoms with E-state index in [4.69, 9.17) is 0 Å². The van der Waals surface area contributed by atoms with Crippen molar-refractivity contribution in [1.82, 2.24) is 0 Å². The molecule has 0 unspecified atom stereocenters. The Morgan fingerprint density at radius 1 is 0.811 bits per heavy atom. The van der Waals surface area contributed by atoms with E-state index in [1.165, 1.54) is 0 Å². The number of allylic oxidation sites excluding steroid dienone is 1. The third kappa shape index (κ3) is 6.66. The summed E-state index contributed by atoms with van der Waals surface area (Å²) in [5, 5.41) is 0. The molecule has 0 heterocycles. The Morgan fingerprint density at radius 3 is 1.89 bits per heavy atom. The molecular formula is C26H17F9O2. The molecule has 0 fully saturated rings. The second-order valence-electron chi connectivity index (χ2n) is 7.66. The number of unbranched alkanes of at least 4 members (excludes halogenated alkanes) is 1. The molecule has 0 spiro atoms. The number of hydrogen-bond acceptors (Lipinski definition) is 2. The van der Waals surface area contributed by atoms with Crippen LogP contribution in [0, 0.1) is 23.3 Å². The van der Waals surface area contributed by atoms with Crippen molar-refractivity contribution in [2.75, 3.05) is 0 Å². The third-order valence-corrected chi connectivity index (χ3v) is 5.05. The SMILES string of the molecule is C=CCCCc1ccc(-c2cc(F)c(C(F)(F)Oc3cc(F)c(OC(F)=C(F)F)c(F)c3)c(F)c2)cc1. The fourth-order valence-electron chi connectivity index (χ4n) is 3.35. The van der Waals surface area contributed by atoms with Gasteiger partial charge in [0.1, 0.15) is 22.9 Å². The molecule has 196 valence electrons. The highest BCUT2D eigenvalue weighted by Gasteiger charge is 2.41. The molecule has 0 bridgehead atoms. The molecule has 0 atom stereocenters. The van der Waals surface area contributed by atoms with Crippen LogP contribution in [-0.2, 0) is 12.5 Å². The van der Waals surface area contributed by atoms with Crippen LogP contribution in [0.4, 0.5) is 39.5 Å². The molecule has 3 aromatic rings. The van der Waals surface area contributed by atoms with Crippen molar-refractivity contribution in [3.05, 3.63) is 108 Å². The first-order chi connectivity index (χ1) is 17.4. The van der Waals surface area contributed by atoms with Crippen molar-refractivity contribution >= 4 is 0 Å². The summed E-state index contributed by atoms with van der Waals surface area (Å²) in [5.74, 6) is -10.2. The first-order valence-electron chi connectivity index (χ1n) is 10.6. The van der Waals surface area contributed by atoms with Gasteiger partial charge in [-0.05, 0) is 48.1 Å². The quantitative estimate of drug-likeness (QED) is 0.112. The van der Waals surface area contributed by atoms with Gasteiger partial charge in [0.2, 0.25) is 5.75 Å². The van der Waals surface area contributed by atoms with E-state index in [1.807, 2.05) is 0 Å². The maximum Gasteiger partial charge on any atom is 0.432 e. The third-order valence-electron chi connectivity index (χ3n) is 5.05. The van der Waals surface area contributed by atoms with Crippen LogP contribution in [0.5, 0.6) is 11.5 Å². The van der Waals surface area contributed by atoms with Gasteiger partial charge in [-0.25, -0.2) is 17.6 Å². The molecule has 0 aliphatic carbocycles. The van der Waals surface area contributed by atoms with Gasteiger partial charge in [0.05, 0.1) is 0 Å². The summed E-state index contributed by atoms with van der Waals surface area (Å²) in [6, 6.07) is 5.31. The average Bonchev–Trinajstić information content (AvgIpc) is 2.81. The molecule has 0 aliphatic rings. The van der Waals surface area contributed by atoms with E-state index in [2.05, 4.69) is 16.1 Å². The Morgan fingerprint density at radius 2 is 1.38 bits per heavy atom. The highest BCUT2D eigenvalue weighted by atomic mass is 19.3. The summed E-state index contributed by atoms with van der Waals surface area (Å²) < 4.78 is 131. The van der Waals surface area contributed by atoms with Gasteiger partial charge in [0.15, 0.2) is 11.6 Å². The minimum Gasteiger partial charge on any atom is -0.429 e. The molecule has 0 aromatic heterocycles. The second-order valence-corrected chi connectivity index (χ2v) is 7.66. The van der Waals surface area contributed by atoms with E-state index in [0.29, 0.717) is 17.7 Å². The minimum atomic E-state index is -4.76. The van der Waals surface area contributed by atoms with E-state index >= 15 is 0 Å². The van der Waals surface area contributed by atoms with Crippen molar-refractivity contribution in [2.45, 2.75) is 25.4 Å². The smallest absolute Gasteiger partial charge is 0.429 e. The van der Waals surface area contributed by atoms with Crippen molar-refractivity contribution in [3.8, 4) is 22.6 Å². The molecule has 0 radical (unpaired) electrons. The second kappa shape index (κ2) is 11.4. The lowest BCUT2D eigenvalue weighted by Crippen LogP contribution is -2.25. The fourth-order valence-corrected chi connectivity index (χ4v) is 3.35. The van der Waals surface area contributed by atoms with Crippen LogP contribution in [0.15, 0.2) is 73.3 Å². The molecule has 37 heavy (non-hydrogen) atoms. The van der Waals surface area contributed by atoms with Crippen LogP contribution in [0.3, 0.4) is 0 Å². The highest BCUT2D eigenvalue weighted by Crippen LogP contribution is 2.39. The van der Waals surface area contributed by atoms with Gasteiger partial charge in [-0.15, -0.1) is 6.58 Å². The van der Waals surface area contributed by atoms with Crippen LogP contribution in [0.25, 0.3) is 11.1 Å². The Kier molecular flexibility index (Phi) is 8.57. The lowest BCUT2D eigenvalue weighted by Gasteiger charge is -2.20. The zero-order chi connectivity index (χ0) is 27.3. The van der Waals surface area contributed by atoms with Crippen LogP contribution in [0.2, 0.25) is 0 Å². The summed E-state index contributed by atoms with van der Waals surface area (Å²) in [5.41, 5.74) is -0.604. The number of alkyl halides is 2. The Balaban J connectivity index is 1.85. The summed E-state index contributed by atoms with van der Waals surface area (Å²) in [6.45, 7) is 3.63. The number of aryl methyl sites for hydroxylation is 1. The Bertz CT molecular complexity index is 1270. The number of hydrogen-bond donors (Lipinski definition) is 0. The van der Waals surface area contributed by atoms with Crippen molar-refractivity contribution in [1.29, 1.82) is 0 Å². The summed E-state index contributed by atoms with van der Waals surface area (Å²) in [6.07, 6.45) is -3.62. The largest absolute Gasteiger partial charge is 0.432 e. The van der Waals surface area contributed by atoms with Gasteiger partial charge in [0.25, 0.3) is 0 Å². The number of halogens is 9. The van der Waals surface area contributed by atoms with Gasteiger partial charge >= 0.3 is 18.2 Å². The van der Waals surface area contributed by atoms with Crippen molar-refractivity contribution in [2.24, 2.45) is 0 Å². The molecule has 0 amide bonds. The van der Waals surface area contributed by atoms with E-state index < -0.39 is 58.5 Å². The van der Waals surface area contributed by atoms with Crippen LogP contribution >= 0.6 is 0 Å². The summed E-state index contributed by atoms with van der Waals surface area (Å²) in [7, 11) is 0. The predicted molar refractivity (Wildman–Crippen MR) is 117 cm³/mol. The number of benzene rings is 3. The first kappa shape index (κ1) is 27.7. The van der Waals surface area contributed by atoms with Crippen LogP contribution in [-0.4, -0.2) is 0 Å². The van der Waals surface area contributed by atoms with Gasteiger partial charge in [-0.2, -0.15) is 22.0 Å². The molecule has 11 heteroatoms. The number of ether oxygens (including phenoxy) is 2. The van der Waals surface area contributed by atoms with Gasteiger partial charge in [-0.1, -0.05) is 30.3 Å². The van der Waals surface area contributed by atoms with Crippen LogP contribution in [0.1, 0.15) is 24.0 Å². The monoisotopic (exact) mass is 532 g/mol. The maximum atomic E-state index is 14.6. The highest BCUT2D eigenvalue weighted by molar-refractivity contribution is 5.64. The van der Waals surface area contributed by atoms with Gasteiger partial charge < -0.3 is 9.47 Å². The zero-order valence-electron chi connectivity index (χ0n) is 18.7. The van der Waals surface area contributed by atoms with Crippen LogP contribution < -0.4 is 9.47 Å². The zero-order valence-corrected chi connectivity index (χ0v) is 18.7. The fraction of sp³-hybridized carbons (Fsp3) is 0.154. The standard InChI is InChI=1S/C26H17F9O2/c1-2-3-4-5-14-6-8-15(9-7-14)16-10-18(27)22(19(28)11-16)26(34,35)37-17-12-20(29)23(21(30)13-17)36-25(33)24(31)32/h2,6-13H,1,3-5H2. The van der Waals surface area contributed by atoms with Gasteiger partial charge in [0, 0.05) is 12.1 Å². The topological polar surface area (TPSA) is 18.5 Å². The molecular weight excluding hydrogens is 515 g/mol. The van der Waals surface area contributed by atoms with Crippen molar-refractivity contribution in [3.63, 3.8) is 0 Å². The summed E-state index contributed by atoms with van der Waals surface area (Å²) >= 11 is 0. The normalized spacial score (nSPS) is 11.3. The molecule has 3 rings (SSSR count). The minimum absolute atomic E-state index is 0.0382. The molecule has 0 saturated heterocycles. The van der Waals surface area contributed by atoms with E-state index in [1.54, 1.807) is 30.3 Å². The number of rotatable bonds is 10. The van der Waals surface area contributed by atoms with Gasteiger partial charge in [-0.3, -0.25) is 0 Å². The average molecular weight is 532 g/mol. The molecule has 3 aromatic carbocycles. The molecule has 0 saturated carbocycles. The Labute approximate surface area is 205 Å². The molecule has 0 aliphatic heterocycles. The lowest BCUT2D eigenvalue weighted by molar-refractivity contribution is -0.189. The maximum absolute atomic E-state index is 14.6.